The summed E-state index contributed by atoms with van der Waals surface area (Å²) in [5.41, 5.74) is 2.42. The molecule has 1 heterocycles. The van der Waals surface area contributed by atoms with Crippen LogP contribution in [0, 0.1) is 0 Å². The predicted octanol–water partition coefficient (Wildman–Crippen LogP) is 3.35. The Labute approximate surface area is 82.6 Å². The monoisotopic (exact) mass is 191 g/mol. The minimum Gasteiger partial charge on any atom is -0.357 e. The predicted molar refractivity (Wildman–Crippen MR) is 55.9 cm³/mol. The lowest BCUT2D eigenvalue weighted by molar-refractivity contribution is 0.928. The Morgan fingerprint density at radius 2 is 1.69 bits per heavy atom. The summed E-state index contributed by atoms with van der Waals surface area (Å²) in [6.07, 6.45) is 4.12. The molecule has 2 rings (SSSR count). The van der Waals surface area contributed by atoms with Crippen molar-refractivity contribution in [3.05, 3.63) is 47.7 Å². The van der Waals surface area contributed by atoms with E-state index >= 15 is 0 Å². The molecule has 0 spiro atoms. The van der Waals surface area contributed by atoms with Crippen LogP contribution < -0.4 is 0 Å². The fourth-order valence-electron chi connectivity index (χ4n) is 1.32. The van der Waals surface area contributed by atoms with Gasteiger partial charge >= 0.3 is 0 Å². The van der Waals surface area contributed by atoms with Crippen molar-refractivity contribution >= 4 is 11.6 Å². The Balaban J connectivity index is 2.41. The van der Waals surface area contributed by atoms with Crippen LogP contribution in [0.25, 0.3) is 11.1 Å². The van der Waals surface area contributed by atoms with E-state index in [-0.39, 0.29) is 0 Å². The zero-order chi connectivity index (χ0) is 9.26. The molecule has 0 amide bonds. The second-order valence-corrected chi connectivity index (χ2v) is 3.51. The Morgan fingerprint density at radius 1 is 1.00 bits per heavy atom. The summed E-state index contributed by atoms with van der Waals surface area (Å²) in [5.74, 6) is 0. The first-order valence-electron chi connectivity index (χ1n) is 4.13. The molecule has 0 fully saturated rings. The Hall–Kier alpha value is -1.21. The first-order valence-corrected chi connectivity index (χ1v) is 4.51. The summed E-state index contributed by atoms with van der Waals surface area (Å²) in [5, 5.41) is 0.777. The van der Waals surface area contributed by atoms with Crippen LogP contribution in [0.5, 0.6) is 0 Å². The molecular weight excluding hydrogens is 182 g/mol. The molecule has 2 heteroatoms. The molecule has 0 atom stereocenters. The van der Waals surface area contributed by atoms with Gasteiger partial charge in [0.15, 0.2) is 0 Å². The highest BCUT2D eigenvalue weighted by Crippen LogP contribution is 2.21. The van der Waals surface area contributed by atoms with Gasteiger partial charge in [0.2, 0.25) is 0 Å². The first kappa shape index (κ1) is 8.39. The topological polar surface area (TPSA) is 4.93 Å². The van der Waals surface area contributed by atoms with E-state index in [1.165, 1.54) is 11.1 Å². The molecular formula is C11H10ClN. The summed E-state index contributed by atoms with van der Waals surface area (Å²) in [4.78, 5) is 0. The average molecular weight is 192 g/mol. The van der Waals surface area contributed by atoms with Gasteiger partial charge in [-0.2, -0.15) is 0 Å². The van der Waals surface area contributed by atoms with Gasteiger partial charge in [0.1, 0.15) is 0 Å². The molecule has 13 heavy (non-hydrogen) atoms. The van der Waals surface area contributed by atoms with Gasteiger partial charge in [-0.05, 0) is 29.3 Å². The van der Waals surface area contributed by atoms with Gasteiger partial charge in [-0.25, -0.2) is 0 Å². The van der Waals surface area contributed by atoms with Gasteiger partial charge in [0.05, 0.1) is 0 Å². The third-order valence-corrected chi connectivity index (χ3v) is 2.26. The van der Waals surface area contributed by atoms with Gasteiger partial charge in [0, 0.05) is 24.5 Å². The van der Waals surface area contributed by atoms with Crippen molar-refractivity contribution in [2.24, 2.45) is 7.05 Å². The number of hydrogen-bond donors (Lipinski definition) is 0. The molecule has 0 radical (unpaired) electrons. The Bertz CT molecular complexity index is 400. The van der Waals surface area contributed by atoms with Crippen LogP contribution >= 0.6 is 11.6 Å². The fourth-order valence-corrected chi connectivity index (χ4v) is 1.44. The summed E-state index contributed by atoms with van der Waals surface area (Å²) < 4.78 is 2.03. The highest BCUT2D eigenvalue weighted by atomic mass is 35.5. The molecule has 0 N–H and O–H groups in total. The highest BCUT2D eigenvalue weighted by molar-refractivity contribution is 6.30. The highest BCUT2D eigenvalue weighted by Gasteiger charge is 1.97. The van der Waals surface area contributed by atoms with Crippen LogP contribution in [0.15, 0.2) is 42.7 Å². The molecule has 1 aromatic carbocycles. The van der Waals surface area contributed by atoms with Crippen molar-refractivity contribution in [2.45, 2.75) is 0 Å². The van der Waals surface area contributed by atoms with E-state index < -0.39 is 0 Å². The van der Waals surface area contributed by atoms with Crippen LogP contribution in [0.1, 0.15) is 0 Å². The van der Waals surface area contributed by atoms with E-state index in [1.807, 2.05) is 42.1 Å². The van der Waals surface area contributed by atoms with Crippen LogP contribution in [-0.2, 0) is 7.05 Å². The number of aryl methyl sites for hydroxylation is 1. The molecule has 0 saturated heterocycles. The smallest absolute Gasteiger partial charge is 0.0406 e. The molecule has 2 aromatic rings. The van der Waals surface area contributed by atoms with Gasteiger partial charge in [-0.3, -0.25) is 0 Å². The molecule has 0 aliphatic heterocycles. The SMILES string of the molecule is Cn1ccc(-c2ccc(Cl)cc2)c1. The van der Waals surface area contributed by atoms with E-state index in [2.05, 4.69) is 12.3 Å². The van der Waals surface area contributed by atoms with Crippen molar-refractivity contribution in [1.82, 2.24) is 4.57 Å². The number of rotatable bonds is 1. The van der Waals surface area contributed by atoms with Gasteiger partial charge in [-0.1, -0.05) is 23.7 Å². The lowest BCUT2D eigenvalue weighted by Gasteiger charge is -1.96. The maximum absolute atomic E-state index is 5.80. The van der Waals surface area contributed by atoms with E-state index in [1.54, 1.807) is 0 Å². The quantitative estimate of drug-likeness (QED) is 0.652. The van der Waals surface area contributed by atoms with Crippen LogP contribution in [0.4, 0.5) is 0 Å². The molecule has 0 saturated carbocycles. The Morgan fingerprint density at radius 3 is 2.23 bits per heavy atom. The van der Waals surface area contributed by atoms with E-state index in [4.69, 9.17) is 11.6 Å². The normalized spacial score (nSPS) is 10.3. The number of halogens is 1. The van der Waals surface area contributed by atoms with Crippen molar-refractivity contribution < 1.29 is 0 Å². The molecule has 0 unspecified atom stereocenters. The summed E-state index contributed by atoms with van der Waals surface area (Å²) in [6, 6.07) is 9.95. The van der Waals surface area contributed by atoms with Crippen molar-refractivity contribution in [2.75, 3.05) is 0 Å². The van der Waals surface area contributed by atoms with Crippen LogP contribution in [0.3, 0.4) is 0 Å². The third kappa shape index (κ3) is 1.76. The van der Waals surface area contributed by atoms with E-state index in [9.17, 15) is 0 Å². The number of benzene rings is 1. The molecule has 0 bridgehead atoms. The maximum Gasteiger partial charge on any atom is 0.0406 e. The molecule has 0 aliphatic carbocycles. The fraction of sp³-hybridized carbons (Fsp3) is 0.0909. The second kappa shape index (κ2) is 3.27. The molecule has 0 aliphatic rings. The van der Waals surface area contributed by atoms with Crippen molar-refractivity contribution in [3.8, 4) is 11.1 Å². The molecule has 1 nitrogen and oxygen atoms in total. The third-order valence-electron chi connectivity index (χ3n) is 2.01. The molecule has 1 aromatic heterocycles. The van der Waals surface area contributed by atoms with Crippen LogP contribution in [-0.4, -0.2) is 4.57 Å². The number of hydrogen-bond acceptors (Lipinski definition) is 0. The number of aromatic nitrogens is 1. The maximum atomic E-state index is 5.80. The van der Waals surface area contributed by atoms with E-state index in [0.29, 0.717) is 0 Å². The second-order valence-electron chi connectivity index (χ2n) is 3.07. The van der Waals surface area contributed by atoms with Crippen LogP contribution in [0.2, 0.25) is 5.02 Å². The van der Waals surface area contributed by atoms with E-state index in [0.717, 1.165) is 5.02 Å². The minimum atomic E-state index is 0.777. The zero-order valence-corrected chi connectivity index (χ0v) is 8.12. The average Bonchev–Trinajstić information content (AvgIpc) is 2.53. The largest absolute Gasteiger partial charge is 0.357 e. The summed E-state index contributed by atoms with van der Waals surface area (Å²) >= 11 is 5.80. The zero-order valence-electron chi connectivity index (χ0n) is 7.37. The lowest BCUT2D eigenvalue weighted by atomic mass is 10.1. The number of nitrogens with zero attached hydrogens (tertiary/aromatic N) is 1. The van der Waals surface area contributed by atoms with Gasteiger partial charge in [-0.15, -0.1) is 0 Å². The Kier molecular flexibility index (Phi) is 2.11. The summed E-state index contributed by atoms with van der Waals surface area (Å²) in [6.45, 7) is 0. The van der Waals surface area contributed by atoms with Crippen molar-refractivity contribution in [3.63, 3.8) is 0 Å². The minimum absolute atomic E-state index is 0.777. The van der Waals surface area contributed by atoms with Gasteiger partial charge in [0.25, 0.3) is 0 Å². The first-order chi connectivity index (χ1) is 6.25. The summed E-state index contributed by atoms with van der Waals surface area (Å²) in [7, 11) is 2.01. The molecule has 66 valence electrons. The van der Waals surface area contributed by atoms with Gasteiger partial charge < -0.3 is 4.57 Å². The standard InChI is InChI=1S/C11H10ClN/c1-13-7-6-10(8-13)9-2-4-11(12)5-3-9/h2-8H,1H3. The van der Waals surface area contributed by atoms with Crippen molar-refractivity contribution in [1.29, 1.82) is 0 Å². The lowest BCUT2D eigenvalue weighted by Crippen LogP contribution is -1.78.